The zero-order valence-electron chi connectivity index (χ0n) is 35.7. The molecule has 0 saturated carbocycles. The van der Waals surface area contributed by atoms with E-state index in [0.29, 0.717) is 0 Å². The Bertz CT molecular complexity index is 1710. The Morgan fingerprint density at radius 2 is 1.33 bits per heavy atom. The molecule has 3 aliphatic rings. The van der Waals surface area contributed by atoms with Gasteiger partial charge in [0.25, 0.3) is 0 Å². The highest BCUT2D eigenvalue weighted by Crippen LogP contribution is 2.35. The summed E-state index contributed by atoms with van der Waals surface area (Å²) < 4.78 is 29.6. The van der Waals surface area contributed by atoms with Crippen LogP contribution in [-0.2, 0) is 66.8 Å². The van der Waals surface area contributed by atoms with E-state index >= 15 is 0 Å². The van der Waals surface area contributed by atoms with Gasteiger partial charge in [-0.3, -0.25) is 38.4 Å². The number of hydrogen-bond donors (Lipinski definition) is 13. The molecule has 0 aliphatic carbocycles. The van der Waals surface area contributed by atoms with Crippen molar-refractivity contribution >= 4 is 53.4 Å². The molecule has 3 rings (SSSR count). The monoisotopic (exact) mass is 921 g/mol. The predicted molar refractivity (Wildman–Crippen MR) is 210 cm³/mol. The lowest BCUT2D eigenvalue weighted by molar-refractivity contribution is -0.313. The van der Waals surface area contributed by atoms with Crippen molar-refractivity contribution in [2.45, 2.75) is 164 Å². The first-order chi connectivity index (χ1) is 29.9. The van der Waals surface area contributed by atoms with Crippen molar-refractivity contribution < 1.29 is 97.5 Å². The molecule has 0 spiro atoms. The molecule has 0 radical (unpaired) electrons. The summed E-state index contributed by atoms with van der Waals surface area (Å²) in [5.41, 5.74) is 5.50. The third-order valence-electron chi connectivity index (χ3n) is 10.4. The number of fused-ring (bicyclic) bond motifs is 2. The van der Waals surface area contributed by atoms with E-state index in [4.69, 9.17) is 39.6 Å². The smallest absolute Gasteiger partial charge is 0.326 e. The number of nitrogens with one attached hydrogen (secondary N) is 6. The van der Waals surface area contributed by atoms with Crippen molar-refractivity contribution in [3.05, 3.63) is 0 Å². The van der Waals surface area contributed by atoms with Crippen LogP contribution in [-0.4, -0.2) is 195 Å². The molecule has 3 saturated heterocycles. The molecule has 2 bridgehead atoms. The normalized spacial score (nSPS) is 29.0. The fraction of sp³-hybridized carbons (Fsp3) is 0.757. The number of aliphatic carboxylic acids is 3. The third-order valence-corrected chi connectivity index (χ3v) is 10.4. The van der Waals surface area contributed by atoms with Gasteiger partial charge in [-0.05, 0) is 46.5 Å². The van der Waals surface area contributed by atoms with Crippen molar-refractivity contribution in [3.63, 3.8) is 0 Å². The number of carbonyl (C=O) groups is 9. The van der Waals surface area contributed by atoms with Gasteiger partial charge in [0.05, 0.1) is 13.2 Å². The quantitative estimate of drug-likeness (QED) is 0.0428. The molecule has 16 atom stereocenters. The topological polar surface area (TPSA) is 419 Å². The van der Waals surface area contributed by atoms with Gasteiger partial charge in [0.15, 0.2) is 12.6 Å². The molecule has 6 amide bonds. The molecule has 3 heterocycles. The molecular weight excluding hydrogens is 862 g/mol. The highest BCUT2D eigenvalue weighted by Gasteiger charge is 2.56. The van der Waals surface area contributed by atoms with Crippen LogP contribution >= 0.6 is 0 Å². The number of nitrogens with two attached hydrogens (primary N) is 1. The van der Waals surface area contributed by atoms with E-state index in [0.717, 1.165) is 6.92 Å². The minimum Gasteiger partial charge on any atom is -0.480 e. The number of hydrogen-bond acceptors (Lipinski definition) is 18. The van der Waals surface area contributed by atoms with Crippen LogP contribution in [0.1, 0.15) is 66.7 Å². The summed E-state index contributed by atoms with van der Waals surface area (Å²) in [4.78, 5) is 111. The predicted octanol–water partition coefficient (Wildman–Crippen LogP) is -6.14. The van der Waals surface area contributed by atoms with Gasteiger partial charge in [-0.2, -0.15) is 0 Å². The second-order valence-electron chi connectivity index (χ2n) is 15.6. The van der Waals surface area contributed by atoms with Crippen LogP contribution in [0.25, 0.3) is 0 Å². The fourth-order valence-corrected chi connectivity index (χ4v) is 6.93. The second-order valence-corrected chi connectivity index (χ2v) is 15.6. The number of carboxylic acid groups (broad SMARTS) is 3. The SMILES string of the molecule is CC(=O)N[C@H]1[C@H](OC2[C@H]3CO[C@H](O3)[C@H](NC(C)=O)[C@H]2O[C@H](C)C(=O)N[C@@H](C)C(=O)N[C@H](CCC(=O)N[C@@H](CCC[C@@H](N)C(=O)O)C(=O)N[C@@H](C)C(=O)O)C(=O)O)O[C@H](CO)[C@@H](O)[C@@H]1O. The molecule has 0 aromatic rings. The number of aliphatic hydroxyl groups excluding tert-OH is 3. The summed E-state index contributed by atoms with van der Waals surface area (Å²) in [6.07, 6.45) is -13.6. The lowest BCUT2D eigenvalue weighted by Gasteiger charge is -2.47. The largest absolute Gasteiger partial charge is 0.480 e. The molecule has 1 unspecified atom stereocenters. The number of carbonyl (C=O) groups excluding carboxylic acids is 6. The summed E-state index contributed by atoms with van der Waals surface area (Å²) in [5.74, 6) is -9.14. The van der Waals surface area contributed by atoms with Crippen molar-refractivity contribution in [3.8, 4) is 0 Å². The summed E-state index contributed by atoms with van der Waals surface area (Å²) in [6.45, 7) is 5.13. The van der Waals surface area contributed by atoms with E-state index in [1.54, 1.807) is 0 Å². The average molecular weight is 922 g/mol. The molecule has 64 heavy (non-hydrogen) atoms. The van der Waals surface area contributed by atoms with Crippen molar-refractivity contribution in [1.82, 2.24) is 31.9 Å². The molecule has 0 aromatic heterocycles. The lowest BCUT2D eigenvalue weighted by atomic mass is 9.95. The summed E-state index contributed by atoms with van der Waals surface area (Å²) >= 11 is 0. The van der Waals surface area contributed by atoms with Gasteiger partial charge in [0, 0.05) is 20.3 Å². The van der Waals surface area contributed by atoms with Crippen molar-refractivity contribution in [2.24, 2.45) is 5.73 Å². The second kappa shape index (κ2) is 24.2. The number of amides is 6. The minimum atomic E-state index is -1.69. The van der Waals surface area contributed by atoms with E-state index in [9.17, 15) is 63.6 Å². The zero-order chi connectivity index (χ0) is 48.2. The molecule has 3 aliphatic heterocycles. The highest BCUT2D eigenvalue weighted by molar-refractivity contribution is 5.92. The Kier molecular flexibility index (Phi) is 20.2. The molecule has 3 fully saturated rings. The number of aliphatic hydroxyl groups is 3. The Morgan fingerprint density at radius 3 is 1.91 bits per heavy atom. The van der Waals surface area contributed by atoms with Crippen molar-refractivity contribution in [2.75, 3.05) is 13.2 Å². The lowest BCUT2D eigenvalue weighted by Crippen LogP contribution is -2.68. The molecule has 14 N–H and O–H groups in total. The van der Waals surface area contributed by atoms with E-state index < -0.39 is 170 Å². The summed E-state index contributed by atoms with van der Waals surface area (Å²) in [6, 6.07) is -9.62. The standard InChI is InChI=1S/C37H59N7O20/c1-13(30(51)44-20(35(58)59)9-10-23(48)43-19(8-6-7-18(38)34(56)57)32(53)40-14(2)33(54)55)39-31(52)15(3)61-29-25(42-17(5)47)36-60-12-22(63-36)28(29)64-37-24(41-16(4)46)27(50)26(49)21(11-45)62-37/h13-15,18-22,24-29,36-37,45,49-50H,6-12,38H2,1-5H3,(H,39,52)(H,40,53)(H,41,46)(H,42,47)(H,43,48)(H,44,51)(H,54,55)(H,56,57)(H,58,59)/t13-,14-,15+,18+,19-,20+,21+,22+,24+,25+,26+,27+,28?,29+,36+,37-/m0/s1. The molecule has 27 nitrogen and oxygen atoms in total. The Hall–Kier alpha value is -5.13. The first-order valence-electron chi connectivity index (χ1n) is 20.3. The Balaban J connectivity index is 1.69. The Morgan fingerprint density at radius 1 is 0.703 bits per heavy atom. The first-order valence-corrected chi connectivity index (χ1v) is 20.3. The maximum atomic E-state index is 13.5. The molecule has 0 aromatic carbocycles. The highest BCUT2D eigenvalue weighted by atomic mass is 16.8. The van der Waals surface area contributed by atoms with E-state index in [2.05, 4.69) is 31.9 Å². The van der Waals surface area contributed by atoms with Gasteiger partial charge in [-0.1, -0.05) is 0 Å². The van der Waals surface area contributed by atoms with Crippen LogP contribution < -0.4 is 37.6 Å². The van der Waals surface area contributed by atoms with Gasteiger partial charge >= 0.3 is 17.9 Å². The van der Waals surface area contributed by atoms with Gasteiger partial charge in [0.2, 0.25) is 35.4 Å². The molecular formula is C37H59N7O20. The summed E-state index contributed by atoms with van der Waals surface area (Å²) in [5, 5.41) is 73.3. The first kappa shape index (κ1) is 53.2. The van der Waals surface area contributed by atoms with Crippen molar-refractivity contribution in [1.29, 1.82) is 0 Å². The Labute approximate surface area is 365 Å². The van der Waals surface area contributed by atoms with Crippen LogP contribution in [0.3, 0.4) is 0 Å². The van der Waals surface area contributed by atoms with E-state index in [-0.39, 0.29) is 25.9 Å². The molecule has 362 valence electrons. The van der Waals surface area contributed by atoms with E-state index in [1.807, 2.05) is 0 Å². The maximum Gasteiger partial charge on any atom is 0.326 e. The van der Waals surface area contributed by atoms with Gasteiger partial charge < -0.3 is 92.0 Å². The summed E-state index contributed by atoms with van der Waals surface area (Å²) in [7, 11) is 0. The van der Waals surface area contributed by atoms with Gasteiger partial charge in [0.1, 0.15) is 85.0 Å². The van der Waals surface area contributed by atoms with Crippen LogP contribution in [0.15, 0.2) is 0 Å². The van der Waals surface area contributed by atoms with Crippen LogP contribution in [0.2, 0.25) is 0 Å². The van der Waals surface area contributed by atoms with Crippen LogP contribution in [0.4, 0.5) is 0 Å². The average Bonchev–Trinajstić information content (AvgIpc) is 3.66. The third kappa shape index (κ3) is 15.0. The van der Waals surface area contributed by atoms with Crippen LogP contribution in [0.5, 0.6) is 0 Å². The number of rotatable bonds is 24. The van der Waals surface area contributed by atoms with E-state index in [1.165, 1.54) is 27.7 Å². The molecule has 27 heteroatoms. The maximum absolute atomic E-state index is 13.5. The number of carboxylic acids is 3. The van der Waals surface area contributed by atoms with Gasteiger partial charge in [-0.25, -0.2) is 4.79 Å². The minimum absolute atomic E-state index is 0.0293. The zero-order valence-corrected chi connectivity index (χ0v) is 35.7. The van der Waals surface area contributed by atoms with Crippen LogP contribution in [0, 0.1) is 0 Å². The fourth-order valence-electron chi connectivity index (χ4n) is 6.93. The van der Waals surface area contributed by atoms with Gasteiger partial charge in [-0.15, -0.1) is 0 Å². The number of ether oxygens (including phenoxy) is 5.